The summed E-state index contributed by atoms with van der Waals surface area (Å²) in [6, 6.07) is 0. The Morgan fingerprint density at radius 1 is 0.630 bits per heavy atom. The number of phosphoric ester groups is 1. The van der Waals surface area contributed by atoms with Crippen molar-refractivity contribution in [1.29, 1.82) is 0 Å². The van der Waals surface area contributed by atoms with Crippen molar-refractivity contribution in [2.24, 2.45) is 5.73 Å². The maximum absolute atomic E-state index is 12.5. The summed E-state index contributed by atoms with van der Waals surface area (Å²) in [5, 5.41) is 0. The minimum Gasteiger partial charge on any atom is -0.457 e. The van der Waals surface area contributed by atoms with Crippen LogP contribution in [0.15, 0.2) is 12.2 Å². The van der Waals surface area contributed by atoms with E-state index in [2.05, 4.69) is 26.0 Å². The molecule has 274 valence electrons. The Labute approximate surface area is 283 Å². The zero-order valence-corrected chi connectivity index (χ0v) is 31.0. The number of esters is 1. The first-order valence-electron chi connectivity index (χ1n) is 19.2. The third-order valence-electron chi connectivity index (χ3n) is 8.18. The first-order valence-corrected chi connectivity index (χ1v) is 20.7. The Kier molecular flexibility index (Phi) is 35.0. The molecule has 0 heterocycles. The molecule has 0 saturated heterocycles. The van der Waals surface area contributed by atoms with E-state index in [1.165, 1.54) is 128 Å². The molecule has 0 aromatic heterocycles. The van der Waals surface area contributed by atoms with Gasteiger partial charge in [0.15, 0.2) is 0 Å². The summed E-state index contributed by atoms with van der Waals surface area (Å²) in [5.74, 6) is -0.331. The lowest BCUT2D eigenvalue weighted by atomic mass is 10.0. The van der Waals surface area contributed by atoms with Gasteiger partial charge in [-0.1, -0.05) is 154 Å². The van der Waals surface area contributed by atoms with Crippen molar-refractivity contribution < 1.29 is 32.8 Å². The van der Waals surface area contributed by atoms with E-state index >= 15 is 0 Å². The molecule has 46 heavy (non-hydrogen) atoms. The Morgan fingerprint density at radius 3 is 1.65 bits per heavy atom. The summed E-state index contributed by atoms with van der Waals surface area (Å²) >= 11 is 0. The van der Waals surface area contributed by atoms with Crippen molar-refractivity contribution in [2.45, 2.75) is 187 Å². The fourth-order valence-electron chi connectivity index (χ4n) is 5.33. The van der Waals surface area contributed by atoms with Gasteiger partial charge in [-0.15, -0.1) is 0 Å². The highest BCUT2D eigenvalue weighted by Gasteiger charge is 2.25. The highest BCUT2D eigenvalue weighted by molar-refractivity contribution is 7.47. The highest BCUT2D eigenvalue weighted by Crippen LogP contribution is 2.43. The van der Waals surface area contributed by atoms with E-state index in [9.17, 15) is 14.3 Å². The lowest BCUT2D eigenvalue weighted by Gasteiger charge is -2.20. The fourth-order valence-corrected chi connectivity index (χ4v) is 6.10. The van der Waals surface area contributed by atoms with Crippen molar-refractivity contribution >= 4 is 13.8 Å². The molecule has 0 aromatic rings. The molecule has 0 bridgehead atoms. The Morgan fingerprint density at radius 2 is 1.11 bits per heavy atom. The summed E-state index contributed by atoms with van der Waals surface area (Å²) in [7, 11) is -4.26. The molecule has 8 nitrogen and oxygen atoms in total. The maximum atomic E-state index is 12.5. The average molecular weight is 676 g/mol. The number of hydrogen-bond acceptors (Lipinski definition) is 7. The van der Waals surface area contributed by atoms with Crippen molar-refractivity contribution in [3.8, 4) is 0 Å². The number of ether oxygens (including phenoxy) is 2. The van der Waals surface area contributed by atoms with Crippen molar-refractivity contribution in [2.75, 3.05) is 33.0 Å². The molecule has 9 heteroatoms. The molecule has 0 rings (SSSR count). The SMILES string of the molecule is CCCC/C=C\CCCCCCCCOCC(COP(=O)(O)OCCN)OC(=O)CCCCCCCCCCCCCCCCC. The first kappa shape index (κ1) is 45.2. The number of hydrogen-bond donors (Lipinski definition) is 2. The van der Waals surface area contributed by atoms with E-state index in [0.29, 0.717) is 13.0 Å². The van der Waals surface area contributed by atoms with Gasteiger partial charge in [0.25, 0.3) is 0 Å². The highest BCUT2D eigenvalue weighted by atomic mass is 31.2. The second-order valence-electron chi connectivity index (χ2n) is 12.8. The number of carbonyl (C=O) groups excluding carboxylic acids is 1. The van der Waals surface area contributed by atoms with Gasteiger partial charge in [0.05, 0.1) is 19.8 Å². The van der Waals surface area contributed by atoms with Crippen LogP contribution in [0.3, 0.4) is 0 Å². The van der Waals surface area contributed by atoms with Crippen LogP contribution in [-0.4, -0.2) is 49.9 Å². The van der Waals surface area contributed by atoms with Gasteiger partial charge < -0.3 is 20.1 Å². The molecule has 0 saturated carbocycles. The summed E-state index contributed by atoms with van der Waals surface area (Å²) in [6.07, 6.45) is 35.0. The van der Waals surface area contributed by atoms with Crippen LogP contribution in [0.2, 0.25) is 0 Å². The Hall–Kier alpha value is -0.760. The standard InChI is InChI=1S/C37H74NO7P/c1-3-5-7-9-11-13-15-17-18-19-20-22-24-26-28-30-37(39)45-36(35-44-46(40,41)43-33-31-38)34-42-32-29-27-25-23-21-16-14-12-10-8-6-4-2/h10,12,36H,3-9,11,13-35,38H2,1-2H3,(H,40,41)/b12-10-. The van der Waals surface area contributed by atoms with Crippen LogP contribution in [0.25, 0.3) is 0 Å². The van der Waals surface area contributed by atoms with Gasteiger partial charge in [-0.05, 0) is 32.1 Å². The molecule has 0 fully saturated rings. The number of rotatable bonds is 37. The number of phosphoric acid groups is 1. The van der Waals surface area contributed by atoms with E-state index in [1.807, 2.05) is 0 Å². The average Bonchev–Trinajstić information content (AvgIpc) is 3.04. The van der Waals surface area contributed by atoms with E-state index in [0.717, 1.165) is 32.1 Å². The largest absolute Gasteiger partial charge is 0.472 e. The third kappa shape index (κ3) is 34.6. The number of allylic oxidation sites excluding steroid dienone is 2. The van der Waals surface area contributed by atoms with Crippen molar-refractivity contribution in [3.05, 3.63) is 12.2 Å². The van der Waals surface area contributed by atoms with Crippen LogP contribution < -0.4 is 5.73 Å². The van der Waals surface area contributed by atoms with E-state index < -0.39 is 13.9 Å². The molecular weight excluding hydrogens is 601 g/mol. The first-order chi connectivity index (χ1) is 22.4. The molecule has 0 aliphatic carbocycles. The second kappa shape index (κ2) is 35.5. The Bertz CT molecular complexity index is 722. The van der Waals surface area contributed by atoms with Gasteiger partial charge in [-0.25, -0.2) is 4.57 Å². The lowest BCUT2D eigenvalue weighted by Crippen LogP contribution is -2.28. The van der Waals surface area contributed by atoms with Crippen LogP contribution in [0.1, 0.15) is 181 Å². The van der Waals surface area contributed by atoms with Crippen molar-refractivity contribution in [1.82, 2.24) is 0 Å². The molecule has 0 aliphatic rings. The topological polar surface area (TPSA) is 117 Å². The molecular formula is C37H74NO7P. The van der Waals surface area contributed by atoms with Gasteiger partial charge in [-0.3, -0.25) is 13.8 Å². The van der Waals surface area contributed by atoms with E-state index in [-0.39, 0.29) is 32.3 Å². The van der Waals surface area contributed by atoms with Gasteiger partial charge in [0.1, 0.15) is 6.10 Å². The fraction of sp³-hybridized carbons (Fsp3) is 0.919. The zero-order chi connectivity index (χ0) is 33.8. The minimum atomic E-state index is -4.26. The van der Waals surface area contributed by atoms with Crippen LogP contribution >= 0.6 is 7.82 Å². The summed E-state index contributed by atoms with van der Waals surface area (Å²) in [4.78, 5) is 22.4. The Balaban J connectivity index is 4.06. The molecule has 0 radical (unpaired) electrons. The monoisotopic (exact) mass is 676 g/mol. The number of nitrogens with two attached hydrogens (primary N) is 1. The summed E-state index contributed by atoms with van der Waals surface area (Å²) < 4.78 is 33.3. The predicted octanol–water partition coefficient (Wildman–Crippen LogP) is 10.7. The molecule has 3 N–H and O–H groups in total. The maximum Gasteiger partial charge on any atom is 0.472 e. The quantitative estimate of drug-likeness (QED) is 0.0289. The van der Waals surface area contributed by atoms with Gasteiger partial charge >= 0.3 is 13.8 Å². The van der Waals surface area contributed by atoms with Crippen LogP contribution in [0.5, 0.6) is 0 Å². The number of unbranched alkanes of at least 4 members (excludes halogenated alkanes) is 22. The molecule has 0 amide bonds. The van der Waals surface area contributed by atoms with Gasteiger partial charge in [0.2, 0.25) is 0 Å². The molecule has 2 atom stereocenters. The van der Waals surface area contributed by atoms with E-state index in [1.54, 1.807) is 0 Å². The molecule has 2 unspecified atom stereocenters. The van der Waals surface area contributed by atoms with E-state index in [4.69, 9.17) is 24.3 Å². The molecule has 0 aromatic carbocycles. The molecule has 0 aliphatic heterocycles. The lowest BCUT2D eigenvalue weighted by molar-refractivity contribution is -0.154. The van der Waals surface area contributed by atoms with Gasteiger partial charge in [-0.2, -0.15) is 0 Å². The smallest absolute Gasteiger partial charge is 0.457 e. The number of carbonyl (C=O) groups is 1. The second-order valence-corrected chi connectivity index (χ2v) is 14.2. The summed E-state index contributed by atoms with van der Waals surface area (Å²) in [5.41, 5.74) is 5.35. The van der Waals surface area contributed by atoms with Crippen molar-refractivity contribution in [3.63, 3.8) is 0 Å². The minimum absolute atomic E-state index is 0.0937. The predicted molar refractivity (Wildman–Crippen MR) is 192 cm³/mol. The van der Waals surface area contributed by atoms with Crippen LogP contribution in [-0.2, 0) is 27.9 Å². The summed E-state index contributed by atoms with van der Waals surface area (Å²) in [6.45, 7) is 4.89. The molecule has 0 spiro atoms. The normalized spacial score (nSPS) is 13.7. The van der Waals surface area contributed by atoms with Crippen LogP contribution in [0, 0.1) is 0 Å². The van der Waals surface area contributed by atoms with Gasteiger partial charge in [0, 0.05) is 19.6 Å². The third-order valence-corrected chi connectivity index (χ3v) is 9.17. The van der Waals surface area contributed by atoms with Crippen LogP contribution in [0.4, 0.5) is 0 Å². The zero-order valence-electron chi connectivity index (χ0n) is 30.1.